The predicted octanol–water partition coefficient (Wildman–Crippen LogP) is 0.961. The normalized spacial score (nSPS) is 30.5. The summed E-state index contributed by atoms with van der Waals surface area (Å²) in [5.74, 6) is 1.40. The molecule has 1 heterocycles. The smallest absolute Gasteiger partial charge is 0.0691 e. The number of aromatic amines is 1. The van der Waals surface area contributed by atoms with Gasteiger partial charge in [0.2, 0.25) is 0 Å². The van der Waals surface area contributed by atoms with Gasteiger partial charge in [0, 0.05) is 11.6 Å². The Labute approximate surface area is 77.7 Å². The molecule has 0 radical (unpaired) electrons. The van der Waals surface area contributed by atoms with E-state index in [0.29, 0.717) is 11.8 Å². The molecular formula is C10H15N3. The summed E-state index contributed by atoms with van der Waals surface area (Å²) < 4.78 is 0. The third kappa shape index (κ3) is 1.03. The fraction of sp³-hybridized carbons (Fsp3) is 0.700. The second kappa shape index (κ2) is 2.58. The Bertz CT molecular complexity index is 329. The largest absolute Gasteiger partial charge is 0.330 e. The minimum atomic E-state index is 0.683. The van der Waals surface area contributed by atoms with Gasteiger partial charge in [0.25, 0.3) is 0 Å². The SMILES string of the molecule is NC[C@@H]1C[C@H]1c1n[nH]c2c1CCC2. The minimum Gasteiger partial charge on any atom is -0.330 e. The molecule has 1 fully saturated rings. The van der Waals surface area contributed by atoms with Gasteiger partial charge in [-0.2, -0.15) is 5.10 Å². The molecule has 0 saturated heterocycles. The van der Waals surface area contributed by atoms with E-state index in [0.717, 1.165) is 6.54 Å². The number of nitrogens with two attached hydrogens (primary N) is 1. The summed E-state index contributed by atoms with van der Waals surface area (Å²) in [6.45, 7) is 0.826. The maximum Gasteiger partial charge on any atom is 0.0691 e. The molecule has 0 unspecified atom stereocenters. The molecule has 0 amide bonds. The van der Waals surface area contributed by atoms with E-state index in [2.05, 4.69) is 10.2 Å². The fourth-order valence-corrected chi connectivity index (χ4v) is 2.49. The van der Waals surface area contributed by atoms with Crippen molar-refractivity contribution in [3.63, 3.8) is 0 Å². The molecule has 1 saturated carbocycles. The van der Waals surface area contributed by atoms with E-state index in [1.54, 1.807) is 0 Å². The molecule has 2 aliphatic carbocycles. The van der Waals surface area contributed by atoms with Crippen LogP contribution in [0.1, 0.15) is 35.7 Å². The average molecular weight is 177 g/mol. The van der Waals surface area contributed by atoms with Crippen LogP contribution in [0.15, 0.2) is 0 Å². The lowest BCUT2D eigenvalue weighted by atomic mass is 10.1. The maximum atomic E-state index is 5.64. The van der Waals surface area contributed by atoms with Crippen molar-refractivity contribution in [1.29, 1.82) is 0 Å². The number of aryl methyl sites for hydroxylation is 1. The average Bonchev–Trinajstić information content (AvgIpc) is 2.57. The Hall–Kier alpha value is -0.830. The molecule has 13 heavy (non-hydrogen) atoms. The molecule has 3 heteroatoms. The number of nitrogens with zero attached hydrogens (tertiary/aromatic N) is 1. The zero-order chi connectivity index (χ0) is 8.84. The summed E-state index contributed by atoms with van der Waals surface area (Å²) in [6, 6.07) is 0. The Morgan fingerprint density at radius 3 is 3.15 bits per heavy atom. The Balaban J connectivity index is 1.90. The molecule has 2 aliphatic rings. The van der Waals surface area contributed by atoms with Crippen LogP contribution in [-0.2, 0) is 12.8 Å². The van der Waals surface area contributed by atoms with Crippen LogP contribution in [0.2, 0.25) is 0 Å². The van der Waals surface area contributed by atoms with Crippen LogP contribution in [0.5, 0.6) is 0 Å². The standard InChI is InChI=1S/C10H15N3/c11-5-6-4-8(6)10-7-2-1-3-9(7)12-13-10/h6,8H,1-5,11H2,(H,12,13)/t6-,8+/m0/s1. The number of hydrogen-bond donors (Lipinski definition) is 2. The monoisotopic (exact) mass is 177 g/mol. The third-order valence-corrected chi connectivity index (χ3v) is 3.41. The maximum absolute atomic E-state index is 5.64. The van der Waals surface area contributed by atoms with E-state index in [9.17, 15) is 0 Å². The van der Waals surface area contributed by atoms with Crippen molar-refractivity contribution in [3.05, 3.63) is 17.0 Å². The van der Waals surface area contributed by atoms with Crippen molar-refractivity contribution >= 4 is 0 Å². The van der Waals surface area contributed by atoms with E-state index in [1.165, 1.54) is 42.6 Å². The van der Waals surface area contributed by atoms with Gasteiger partial charge in [-0.3, -0.25) is 5.10 Å². The van der Waals surface area contributed by atoms with Crippen LogP contribution in [0, 0.1) is 5.92 Å². The quantitative estimate of drug-likeness (QED) is 0.707. The Kier molecular flexibility index (Phi) is 1.50. The summed E-state index contributed by atoms with van der Waals surface area (Å²) in [5.41, 5.74) is 9.88. The topological polar surface area (TPSA) is 54.7 Å². The highest BCUT2D eigenvalue weighted by Gasteiger charge is 2.41. The molecule has 3 rings (SSSR count). The second-order valence-corrected chi connectivity index (χ2v) is 4.26. The molecule has 0 aliphatic heterocycles. The van der Waals surface area contributed by atoms with Crippen molar-refractivity contribution in [2.45, 2.75) is 31.6 Å². The van der Waals surface area contributed by atoms with Crippen LogP contribution >= 0.6 is 0 Å². The lowest BCUT2D eigenvalue weighted by Gasteiger charge is -1.96. The molecule has 1 aromatic rings. The molecule has 2 atom stereocenters. The third-order valence-electron chi connectivity index (χ3n) is 3.41. The minimum absolute atomic E-state index is 0.683. The molecule has 0 spiro atoms. The first kappa shape index (κ1) is 7.56. The van der Waals surface area contributed by atoms with E-state index in [4.69, 9.17) is 5.73 Å². The van der Waals surface area contributed by atoms with Crippen LogP contribution in [-0.4, -0.2) is 16.7 Å². The van der Waals surface area contributed by atoms with Gasteiger partial charge in [-0.15, -0.1) is 0 Å². The van der Waals surface area contributed by atoms with E-state index < -0.39 is 0 Å². The van der Waals surface area contributed by atoms with E-state index in [1.807, 2.05) is 0 Å². The number of rotatable bonds is 2. The molecule has 3 nitrogen and oxygen atoms in total. The molecule has 0 aromatic carbocycles. The molecule has 70 valence electrons. The van der Waals surface area contributed by atoms with E-state index in [-0.39, 0.29) is 0 Å². The van der Waals surface area contributed by atoms with Gasteiger partial charge in [-0.05, 0) is 43.7 Å². The van der Waals surface area contributed by atoms with Gasteiger partial charge in [-0.25, -0.2) is 0 Å². The first-order chi connectivity index (χ1) is 6.40. The summed E-state index contributed by atoms with van der Waals surface area (Å²) in [7, 11) is 0. The summed E-state index contributed by atoms with van der Waals surface area (Å²) >= 11 is 0. The predicted molar refractivity (Wildman–Crippen MR) is 50.5 cm³/mol. The van der Waals surface area contributed by atoms with E-state index >= 15 is 0 Å². The zero-order valence-electron chi connectivity index (χ0n) is 7.71. The Morgan fingerprint density at radius 2 is 2.38 bits per heavy atom. The zero-order valence-corrected chi connectivity index (χ0v) is 7.71. The highest BCUT2D eigenvalue weighted by atomic mass is 15.1. The molecular weight excluding hydrogens is 162 g/mol. The first-order valence-corrected chi connectivity index (χ1v) is 5.16. The second-order valence-electron chi connectivity index (χ2n) is 4.26. The van der Waals surface area contributed by atoms with Crippen LogP contribution in [0.4, 0.5) is 0 Å². The summed E-state index contributed by atoms with van der Waals surface area (Å²) in [6.07, 6.45) is 4.99. The Morgan fingerprint density at radius 1 is 1.46 bits per heavy atom. The number of aromatic nitrogens is 2. The fourth-order valence-electron chi connectivity index (χ4n) is 2.49. The highest BCUT2D eigenvalue weighted by Crippen LogP contribution is 2.48. The van der Waals surface area contributed by atoms with Crippen LogP contribution in [0.25, 0.3) is 0 Å². The van der Waals surface area contributed by atoms with Gasteiger partial charge in [0.05, 0.1) is 5.69 Å². The van der Waals surface area contributed by atoms with Crippen molar-refractivity contribution in [3.8, 4) is 0 Å². The molecule has 3 N–H and O–H groups in total. The molecule has 1 aromatic heterocycles. The van der Waals surface area contributed by atoms with Crippen molar-refractivity contribution < 1.29 is 0 Å². The highest BCUT2D eigenvalue weighted by molar-refractivity contribution is 5.34. The van der Waals surface area contributed by atoms with Gasteiger partial charge in [0.1, 0.15) is 0 Å². The lowest BCUT2D eigenvalue weighted by molar-refractivity contribution is 0.776. The van der Waals surface area contributed by atoms with Crippen molar-refractivity contribution in [1.82, 2.24) is 10.2 Å². The number of nitrogens with one attached hydrogen (secondary N) is 1. The van der Waals surface area contributed by atoms with Crippen LogP contribution in [0.3, 0.4) is 0 Å². The number of hydrogen-bond acceptors (Lipinski definition) is 2. The van der Waals surface area contributed by atoms with Crippen molar-refractivity contribution in [2.75, 3.05) is 6.54 Å². The van der Waals surface area contributed by atoms with Gasteiger partial charge < -0.3 is 5.73 Å². The first-order valence-electron chi connectivity index (χ1n) is 5.16. The number of H-pyrrole nitrogens is 1. The number of fused-ring (bicyclic) bond motifs is 1. The van der Waals surface area contributed by atoms with Crippen LogP contribution < -0.4 is 5.73 Å². The van der Waals surface area contributed by atoms with Gasteiger partial charge in [-0.1, -0.05) is 0 Å². The van der Waals surface area contributed by atoms with Gasteiger partial charge >= 0.3 is 0 Å². The van der Waals surface area contributed by atoms with Gasteiger partial charge in [0.15, 0.2) is 0 Å². The summed E-state index contributed by atoms with van der Waals surface area (Å²) in [5, 5.41) is 7.58. The lowest BCUT2D eigenvalue weighted by Crippen LogP contribution is -2.02. The summed E-state index contributed by atoms with van der Waals surface area (Å²) in [4.78, 5) is 0. The molecule has 0 bridgehead atoms. The van der Waals surface area contributed by atoms with Crippen molar-refractivity contribution in [2.24, 2.45) is 11.7 Å².